The first-order valence-corrected chi connectivity index (χ1v) is 11.1. The maximum absolute atomic E-state index is 12.5. The number of nitrogens with zero attached hydrogens (tertiary/aromatic N) is 3. The Labute approximate surface area is 172 Å². The molecule has 28 heavy (non-hydrogen) atoms. The van der Waals surface area contributed by atoms with Crippen LogP contribution >= 0.6 is 23.1 Å². The van der Waals surface area contributed by atoms with E-state index >= 15 is 0 Å². The summed E-state index contributed by atoms with van der Waals surface area (Å²) >= 11 is 2.97. The molecule has 1 N–H and O–H groups in total. The van der Waals surface area contributed by atoms with Crippen LogP contribution in [-0.4, -0.2) is 21.2 Å². The number of benzene rings is 1. The second-order valence-electron chi connectivity index (χ2n) is 6.69. The standard InChI is InChI=1S/C21H20N4OS2/c22-12-17-16-8-4-5-9-18(16)28-20(17)24-19(26)14-27-21-23-10-11-25(21)13-15-6-2-1-3-7-15/h1-3,6-7,10-11H,4-5,8-9,13-14H2,(H,24,26). The summed E-state index contributed by atoms with van der Waals surface area (Å²) in [6.07, 6.45) is 7.91. The zero-order chi connectivity index (χ0) is 19.3. The Morgan fingerprint density at radius 2 is 2.11 bits per heavy atom. The Kier molecular flexibility index (Phi) is 5.79. The van der Waals surface area contributed by atoms with E-state index in [2.05, 4.69) is 28.5 Å². The van der Waals surface area contributed by atoms with Gasteiger partial charge in [-0.15, -0.1) is 11.3 Å². The summed E-state index contributed by atoms with van der Waals surface area (Å²) in [5.74, 6) is 0.161. The number of hydrogen-bond acceptors (Lipinski definition) is 5. The number of carbonyl (C=O) groups excluding carboxylic acids is 1. The molecule has 0 atom stereocenters. The van der Waals surface area contributed by atoms with Gasteiger partial charge < -0.3 is 9.88 Å². The lowest BCUT2D eigenvalue weighted by molar-refractivity contribution is -0.113. The van der Waals surface area contributed by atoms with Crippen molar-refractivity contribution >= 4 is 34.0 Å². The number of aromatic nitrogens is 2. The SMILES string of the molecule is N#Cc1c(NC(=O)CSc2nccn2Cc2ccccc2)sc2c1CCCC2. The van der Waals surface area contributed by atoms with Gasteiger partial charge in [0, 0.05) is 23.8 Å². The van der Waals surface area contributed by atoms with E-state index in [-0.39, 0.29) is 11.7 Å². The van der Waals surface area contributed by atoms with Crippen molar-refractivity contribution in [3.8, 4) is 6.07 Å². The molecule has 1 aliphatic carbocycles. The summed E-state index contributed by atoms with van der Waals surface area (Å²) in [4.78, 5) is 18.1. The molecule has 2 heterocycles. The van der Waals surface area contributed by atoms with Crippen LogP contribution in [0.2, 0.25) is 0 Å². The number of aryl methyl sites for hydroxylation is 1. The molecule has 2 aromatic heterocycles. The molecule has 1 aliphatic rings. The Balaban J connectivity index is 1.39. The normalized spacial score (nSPS) is 13.0. The molecule has 1 amide bonds. The van der Waals surface area contributed by atoms with E-state index < -0.39 is 0 Å². The van der Waals surface area contributed by atoms with Crippen molar-refractivity contribution in [1.29, 1.82) is 5.26 Å². The molecule has 142 valence electrons. The number of carbonyl (C=O) groups is 1. The Hall–Kier alpha value is -2.56. The maximum atomic E-state index is 12.5. The number of amides is 1. The van der Waals surface area contributed by atoms with Crippen molar-refractivity contribution in [1.82, 2.24) is 9.55 Å². The fraction of sp³-hybridized carbons (Fsp3) is 0.286. The highest BCUT2D eigenvalue weighted by Gasteiger charge is 2.22. The first-order valence-electron chi connectivity index (χ1n) is 9.27. The summed E-state index contributed by atoms with van der Waals surface area (Å²) in [5.41, 5.74) is 2.98. The minimum Gasteiger partial charge on any atom is -0.322 e. The fourth-order valence-corrected chi connectivity index (χ4v) is 5.42. The van der Waals surface area contributed by atoms with Crippen LogP contribution in [0.5, 0.6) is 0 Å². The van der Waals surface area contributed by atoms with Crippen LogP contribution in [-0.2, 0) is 24.2 Å². The van der Waals surface area contributed by atoms with Crippen LogP contribution in [0.1, 0.15) is 34.4 Å². The van der Waals surface area contributed by atoms with Gasteiger partial charge in [-0.25, -0.2) is 4.98 Å². The first-order chi connectivity index (χ1) is 13.7. The van der Waals surface area contributed by atoms with Crippen LogP contribution < -0.4 is 5.32 Å². The van der Waals surface area contributed by atoms with Crippen molar-refractivity contribution < 1.29 is 4.79 Å². The van der Waals surface area contributed by atoms with Crippen molar-refractivity contribution in [2.45, 2.75) is 37.4 Å². The van der Waals surface area contributed by atoms with Crippen LogP contribution in [0.4, 0.5) is 5.00 Å². The summed E-state index contributed by atoms with van der Waals surface area (Å²) in [5, 5.41) is 14.0. The number of nitrogens with one attached hydrogen (secondary N) is 1. The maximum Gasteiger partial charge on any atom is 0.235 e. The Morgan fingerprint density at radius 1 is 1.29 bits per heavy atom. The Bertz CT molecular complexity index is 1020. The molecule has 0 saturated carbocycles. The number of thiophene rings is 1. The van der Waals surface area contributed by atoms with Gasteiger partial charge in [0.2, 0.25) is 5.91 Å². The molecule has 1 aromatic carbocycles. The zero-order valence-corrected chi connectivity index (χ0v) is 17.0. The van der Waals surface area contributed by atoms with Crippen molar-refractivity contribution in [2.75, 3.05) is 11.1 Å². The molecule has 5 nitrogen and oxygen atoms in total. The van der Waals surface area contributed by atoms with Gasteiger partial charge >= 0.3 is 0 Å². The molecule has 0 fully saturated rings. The summed E-state index contributed by atoms with van der Waals surface area (Å²) in [6.45, 7) is 0.723. The fourth-order valence-electron chi connectivity index (χ4n) is 3.40. The van der Waals surface area contributed by atoms with Gasteiger partial charge in [0.25, 0.3) is 0 Å². The van der Waals surface area contributed by atoms with Gasteiger partial charge in [-0.3, -0.25) is 4.79 Å². The number of thioether (sulfide) groups is 1. The third kappa shape index (κ3) is 4.13. The van der Waals surface area contributed by atoms with E-state index in [0.29, 0.717) is 10.6 Å². The zero-order valence-electron chi connectivity index (χ0n) is 15.4. The molecule has 0 bridgehead atoms. The first kappa shape index (κ1) is 18.8. The third-order valence-corrected chi connectivity index (χ3v) is 6.95. The minimum atomic E-state index is -0.102. The van der Waals surface area contributed by atoms with Crippen molar-refractivity contribution in [3.05, 3.63) is 64.3 Å². The van der Waals surface area contributed by atoms with Crippen LogP contribution in [0, 0.1) is 11.3 Å². The summed E-state index contributed by atoms with van der Waals surface area (Å²) in [7, 11) is 0. The van der Waals surface area contributed by atoms with Gasteiger partial charge in [-0.2, -0.15) is 5.26 Å². The van der Waals surface area contributed by atoms with Gasteiger partial charge in [0.1, 0.15) is 11.1 Å². The van der Waals surface area contributed by atoms with Gasteiger partial charge in [-0.05, 0) is 36.8 Å². The topological polar surface area (TPSA) is 70.7 Å². The minimum absolute atomic E-state index is 0.102. The predicted octanol–water partition coefficient (Wildman–Crippen LogP) is 4.47. The highest BCUT2D eigenvalue weighted by Crippen LogP contribution is 2.37. The molecule has 0 unspecified atom stereocenters. The van der Waals surface area contributed by atoms with Crippen LogP contribution in [0.25, 0.3) is 0 Å². The van der Waals surface area contributed by atoms with Crippen LogP contribution in [0.15, 0.2) is 47.9 Å². The van der Waals surface area contributed by atoms with Crippen LogP contribution in [0.3, 0.4) is 0 Å². The molecule has 3 aromatic rings. The second kappa shape index (κ2) is 8.63. The third-order valence-electron chi connectivity index (χ3n) is 4.74. The molecule has 4 rings (SSSR count). The average Bonchev–Trinajstić information content (AvgIpc) is 3.30. The van der Waals surface area contributed by atoms with Gasteiger partial charge in [0.05, 0.1) is 11.3 Å². The number of nitriles is 1. The smallest absolute Gasteiger partial charge is 0.235 e. The highest BCUT2D eigenvalue weighted by atomic mass is 32.2. The summed E-state index contributed by atoms with van der Waals surface area (Å²) in [6, 6.07) is 12.5. The highest BCUT2D eigenvalue weighted by molar-refractivity contribution is 7.99. The largest absolute Gasteiger partial charge is 0.322 e. The molecule has 0 radical (unpaired) electrons. The quantitative estimate of drug-likeness (QED) is 0.611. The monoisotopic (exact) mass is 408 g/mol. The lowest BCUT2D eigenvalue weighted by atomic mass is 9.96. The van der Waals surface area contributed by atoms with Crippen molar-refractivity contribution in [2.24, 2.45) is 0 Å². The lowest BCUT2D eigenvalue weighted by Crippen LogP contribution is -2.14. The second-order valence-corrected chi connectivity index (χ2v) is 8.73. The number of fused-ring (bicyclic) bond motifs is 1. The van der Waals surface area contributed by atoms with E-state index in [4.69, 9.17) is 0 Å². The molecular weight excluding hydrogens is 388 g/mol. The number of hydrogen-bond donors (Lipinski definition) is 1. The van der Waals surface area contributed by atoms with E-state index in [0.717, 1.165) is 42.9 Å². The van der Waals surface area contributed by atoms with Crippen molar-refractivity contribution in [3.63, 3.8) is 0 Å². The number of imidazole rings is 1. The Morgan fingerprint density at radius 3 is 2.93 bits per heavy atom. The molecule has 0 aliphatic heterocycles. The van der Waals surface area contributed by atoms with Gasteiger partial charge in [0.15, 0.2) is 5.16 Å². The number of rotatable bonds is 6. The van der Waals surface area contributed by atoms with E-state index in [1.54, 1.807) is 17.5 Å². The molecular formula is C21H20N4OS2. The summed E-state index contributed by atoms with van der Waals surface area (Å²) < 4.78 is 2.04. The molecule has 7 heteroatoms. The van der Waals surface area contributed by atoms with E-state index in [9.17, 15) is 10.1 Å². The molecule has 0 spiro atoms. The van der Waals surface area contributed by atoms with E-state index in [1.807, 2.05) is 29.0 Å². The number of anilines is 1. The average molecular weight is 409 g/mol. The molecule has 0 saturated heterocycles. The van der Waals surface area contributed by atoms with Gasteiger partial charge in [-0.1, -0.05) is 42.1 Å². The lowest BCUT2D eigenvalue weighted by Gasteiger charge is -2.09. The predicted molar refractivity (Wildman–Crippen MR) is 113 cm³/mol. The van der Waals surface area contributed by atoms with E-state index in [1.165, 1.54) is 22.2 Å².